The number of esters is 1. The number of anilines is 3. The highest BCUT2D eigenvalue weighted by Gasteiger charge is 2.53. The summed E-state index contributed by atoms with van der Waals surface area (Å²) in [6, 6.07) is 24.6. The van der Waals surface area contributed by atoms with Crippen molar-refractivity contribution in [2.45, 2.75) is 19.4 Å². The maximum Gasteiger partial charge on any atom is 0.340 e. The Hall–Kier alpha value is -3.67. The molecule has 7 heteroatoms. The first-order valence-corrected chi connectivity index (χ1v) is 13.0. The summed E-state index contributed by atoms with van der Waals surface area (Å²) < 4.78 is 12.8. The molecule has 6 rings (SSSR count). The molecule has 0 saturated heterocycles. The van der Waals surface area contributed by atoms with E-state index in [0.717, 1.165) is 29.9 Å². The third-order valence-corrected chi connectivity index (χ3v) is 7.70. The first kappa shape index (κ1) is 23.7. The average Bonchev–Trinajstić information content (AvgIpc) is 3.20. The molecule has 0 amide bonds. The van der Waals surface area contributed by atoms with Gasteiger partial charge in [-0.25, -0.2) is 4.79 Å². The van der Waals surface area contributed by atoms with Crippen molar-refractivity contribution in [2.24, 2.45) is 0 Å². The molecule has 0 saturated carbocycles. The van der Waals surface area contributed by atoms with Crippen LogP contribution in [0.1, 0.15) is 40.9 Å². The van der Waals surface area contributed by atoms with Crippen molar-refractivity contribution in [3.63, 3.8) is 0 Å². The van der Waals surface area contributed by atoms with E-state index in [1.807, 2.05) is 54.6 Å². The Morgan fingerprint density at radius 3 is 2.30 bits per heavy atom. The minimum atomic E-state index is -1.18. The van der Waals surface area contributed by atoms with Crippen LogP contribution in [0.2, 0.25) is 10.0 Å². The summed E-state index contributed by atoms with van der Waals surface area (Å²) in [6.07, 6.45) is 0. The number of ether oxygens (including phenoxy) is 2. The lowest BCUT2D eigenvalue weighted by atomic mass is 9.77. The van der Waals surface area contributed by atoms with E-state index in [4.69, 9.17) is 32.7 Å². The summed E-state index contributed by atoms with van der Waals surface area (Å²) in [5.74, 6) is 0.783. The Kier molecular flexibility index (Phi) is 5.78. The second-order valence-electron chi connectivity index (χ2n) is 9.00. The Bertz CT molecular complexity index is 1550. The summed E-state index contributed by atoms with van der Waals surface area (Å²) >= 11 is 13.1. The van der Waals surface area contributed by atoms with Crippen molar-refractivity contribution in [3.05, 3.63) is 111 Å². The van der Waals surface area contributed by atoms with Gasteiger partial charge in [-0.2, -0.15) is 0 Å². The molecule has 1 unspecified atom stereocenters. The lowest BCUT2D eigenvalue weighted by Crippen LogP contribution is -2.33. The van der Waals surface area contributed by atoms with Crippen LogP contribution in [0.15, 0.2) is 78.9 Å². The van der Waals surface area contributed by atoms with Gasteiger partial charge in [0, 0.05) is 47.6 Å². The maximum atomic E-state index is 13.2. The number of halogens is 2. The third kappa shape index (κ3) is 3.64. The average molecular weight is 531 g/mol. The van der Waals surface area contributed by atoms with Crippen LogP contribution in [0.5, 0.6) is 11.5 Å². The molecule has 2 aliphatic rings. The summed E-state index contributed by atoms with van der Waals surface area (Å²) in [4.78, 5) is 15.4. The Morgan fingerprint density at radius 1 is 0.784 bits per heavy atom. The fourth-order valence-electron chi connectivity index (χ4n) is 5.27. The van der Waals surface area contributed by atoms with Gasteiger partial charge in [-0.05, 0) is 50.2 Å². The number of hydrogen-bond donors (Lipinski definition) is 1. The van der Waals surface area contributed by atoms with Crippen LogP contribution in [0.3, 0.4) is 0 Å². The van der Waals surface area contributed by atoms with Crippen LogP contribution in [-0.2, 0) is 10.3 Å². The van der Waals surface area contributed by atoms with Gasteiger partial charge in [-0.1, -0.05) is 53.5 Å². The van der Waals surface area contributed by atoms with Crippen molar-refractivity contribution < 1.29 is 14.3 Å². The van der Waals surface area contributed by atoms with E-state index < -0.39 is 5.60 Å². The van der Waals surface area contributed by atoms with Gasteiger partial charge in [-0.3, -0.25) is 0 Å². The molecule has 0 fully saturated rings. The smallest absolute Gasteiger partial charge is 0.340 e. The predicted molar refractivity (Wildman–Crippen MR) is 148 cm³/mol. The first-order valence-electron chi connectivity index (χ1n) is 12.2. The normalized spacial score (nSPS) is 16.9. The minimum Gasteiger partial charge on any atom is -0.456 e. The summed E-state index contributed by atoms with van der Waals surface area (Å²) in [6.45, 7) is 5.95. The lowest BCUT2D eigenvalue weighted by molar-refractivity contribution is 0.0224. The van der Waals surface area contributed by atoms with Crippen molar-refractivity contribution >= 4 is 46.2 Å². The molecule has 1 atom stereocenters. The van der Waals surface area contributed by atoms with Gasteiger partial charge >= 0.3 is 5.97 Å². The molecule has 5 nitrogen and oxygen atoms in total. The van der Waals surface area contributed by atoms with Crippen LogP contribution in [0.4, 0.5) is 17.1 Å². The van der Waals surface area contributed by atoms with Crippen molar-refractivity contribution in [1.82, 2.24) is 0 Å². The van der Waals surface area contributed by atoms with Crippen LogP contribution >= 0.6 is 23.2 Å². The summed E-state index contributed by atoms with van der Waals surface area (Å²) in [7, 11) is 0. The van der Waals surface area contributed by atoms with Gasteiger partial charge in [0.15, 0.2) is 5.60 Å². The topological polar surface area (TPSA) is 50.8 Å². The fraction of sp³-hybridized carbons (Fsp3) is 0.167. The summed E-state index contributed by atoms with van der Waals surface area (Å²) in [5.41, 5.74) is 3.94. The number of hydrogen-bond acceptors (Lipinski definition) is 5. The van der Waals surface area contributed by atoms with Crippen LogP contribution in [0, 0.1) is 0 Å². The fourth-order valence-corrected chi connectivity index (χ4v) is 5.65. The lowest BCUT2D eigenvalue weighted by Gasteiger charge is -2.37. The minimum absolute atomic E-state index is 0.377. The van der Waals surface area contributed by atoms with E-state index >= 15 is 0 Å². The zero-order valence-corrected chi connectivity index (χ0v) is 21.9. The van der Waals surface area contributed by atoms with Crippen molar-refractivity contribution in [2.75, 3.05) is 23.3 Å². The van der Waals surface area contributed by atoms with Crippen molar-refractivity contribution in [3.8, 4) is 11.5 Å². The van der Waals surface area contributed by atoms with E-state index in [2.05, 4.69) is 30.1 Å². The Labute approximate surface area is 225 Å². The quantitative estimate of drug-likeness (QED) is 0.264. The molecule has 0 aromatic heterocycles. The van der Waals surface area contributed by atoms with Gasteiger partial charge in [0.1, 0.15) is 11.5 Å². The van der Waals surface area contributed by atoms with Crippen LogP contribution in [0.25, 0.3) is 0 Å². The number of benzene rings is 4. The molecule has 37 heavy (non-hydrogen) atoms. The number of rotatable bonds is 5. The Morgan fingerprint density at radius 2 is 1.51 bits per heavy atom. The van der Waals surface area contributed by atoms with Gasteiger partial charge in [0.05, 0.1) is 27.0 Å². The maximum absolute atomic E-state index is 13.2. The number of para-hydroxylation sites is 1. The second-order valence-corrected chi connectivity index (χ2v) is 9.82. The highest BCUT2D eigenvalue weighted by molar-refractivity contribution is 6.35. The van der Waals surface area contributed by atoms with E-state index in [9.17, 15) is 4.79 Å². The highest BCUT2D eigenvalue weighted by atomic mass is 35.5. The molecule has 4 aromatic rings. The van der Waals surface area contributed by atoms with E-state index in [1.165, 1.54) is 0 Å². The van der Waals surface area contributed by atoms with Gasteiger partial charge in [0.2, 0.25) is 0 Å². The first-order chi connectivity index (χ1) is 18.0. The predicted octanol–water partition coefficient (Wildman–Crippen LogP) is 8.15. The number of nitrogens with zero attached hydrogens (tertiary/aromatic N) is 1. The second kappa shape index (κ2) is 9.02. The molecule has 4 aromatic carbocycles. The zero-order chi connectivity index (χ0) is 25.7. The van der Waals surface area contributed by atoms with Crippen LogP contribution < -0.4 is 15.0 Å². The molecule has 0 radical (unpaired) electrons. The number of carbonyl (C=O) groups is 1. The molecule has 0 aliphatic carbocycles. The summed E-state index contributed by atoms with van der Waals surface area (Å²) in [5, 5.41) is 4.35. The van der Waals surface area contributed by atoms with E-state index in [-0.39, 0.29) is 5.97 Å². The molecule has 186 valence electrons. The van der Waals surface area contributed by atoms with E-state index in [0.29, 0.717) is 44.0 Å². The van der Waals surface area contributed by atoms with Crippen molar-refractivity contribution in [1.29, 1.82) is 0 Å². The Balaban J connectivity index is 1.58. The molecular formula is C30H24Cl2N2O3. The number of nitrogens with one attached hydrogen (secondary N) is 1. The molecule has 1 spiro atoms. The molecule has 2 heterocycles. The largest absolute Gasteiger partial charge is 0.456 e. The zero-order valence-electron chi connectivity index (χ0n) is 20.3. The third-order valence-electron chi connectivity index (χ3n) is 7.06. The SMILES string of the molecule is CCN(CC)c1ccc2c(c1)Oc1cc(Cl)c(Nc3ccccc3Cl)cc1C21OC(=O)c2ccccc21. The number of fused-ring (bicyclic) bond motifs is 6. The molecular weight excluding hydrogens is 507 g/mol. The van der Waals surface area contributed by atoms with Gasteiger partial charge in [-0.15, -0.1) is 0 Å². The number of carbonyl (C=O) groups excluding carboxylic acids is 1. The molecule has 2 aliphatic heterocycles. The van der Waals surface area contributed by atoms with Gasteiger partial charge in [0.25, 0.3) is 0 Å². The highest BCUT2D eigenvalue weighted by Crippen LogP contribution is 2.57. The monoisotopic (exact) mass is 530 g/mol. The standard InChI is InChI=1S/C30H24Cl2N2O3/c1-3-34(4-2)18-13-14-21-27(15-18)36-28-17-24(32)26(33-25-12-8-7-11-23(25)31)16-22(28)30(21)20-10-6-5-9-19(20)29(35)37-30/h5-17,33H,3-4H2,1-2H3. The van der Waals surface area contributed by atoms with Gasteiger partial charge < -0.3 is 19.7 Å². The molecule has 1 N–H and O–H groups in total. The van der Waals surface area contributed by atoms with Crippen LogP contribution in [-0.4, -0.2) is 19.1 Å². The van der Waals surface area contributed by atoms with E-state index in [1.54, 1.807) is 18.2 Å². The molecule has 0 bridgehead atoms.